The van der Waals surface area contributed by atoms with Crippen LogP contribution in [0.25, 0.3) is 11.0 Å². The van der Waals surface area contributed by atoms with Gasteiger partial charge in [-0.1, -0.05) is 17.8 Å². The van der Waals surface area contributed by atoms with E-state index in [1.54, 1.807) is 6.07 Å². The van der Waals surface area contributed by atoms with Crippen LogP contribution < -0.4 is 5.32 Å². The second kappa shape index (κ2) is 5.91. The average Bonchev–Trinajstić information content (AvgIpc) is 3.07. The molecule has 0 amide bonds. The molecular weight excluding hydrogens is 289 g/mol. The Labute approximate surface area is 126 Å². The van der Waals surface area contributed by atoms with Gasteiger partial charge in [0.15, 0.2) is 0 Å². The predicted octanol–water partition coefficient (Wildman–Crippen LogP) is 3.68. The number of hydrogen-bond acceptors (Lipinski definition) is 5. The van der Waals surface area contributed by atoms with Gasteiger partial charge in [-0.2, -0.15) is 0 Å². The number of aromatic nitrogens is 2. The van der Waals surface area contributed by atoms with Crippen molar-refractivity contribution in [3.05, 3.63) is 46.4 Å². The third-order valence-electron chi connectivity index (χ3n) is 3.40. The fraction of sp³-hybridized carbons (Fsp3) is 0.333. The number of nitrogens with zero attached hydrogens (tertiary/aromatic N) is 2. The van der Waals surface area contributed by atoms with Gasteiger partial charge in [0.2, 0.25) is 0 Å². The zero-order chi connectivity index (χ0) is 14.8. The van der Waals surface area contributed by atoms with Crippen molar-refractivity contribution >= 4 is 22.5 Å². The lowest BCUT2D eigenvalue weighted by atomic mass is 10.1. The summed E-state index contributed by atoms with van der Waals surface area (Å²) in [7, 11) is 1.87. The molecule has 0 bridgehead atoms. The minimum absolute atomic E-state index is 0.109. The van der Waals surface area contributed by atoms with Crippen molar-refractivity contribution in [2.75, 3.05) is 7.05 Å². The lowest BCUT2D eigenvalue weighted by Crippen LogP contribution is -2.17. The highest BCUT2D eigenvalue weighted by atomic mass is 32.1. The second-order valence-corrected chi connectivity index (χ2v) is 5.67. The molecule has 0 spiro atoms. The van der Waals surface area contributed by atoms with Crippen LogP contribution in [0.3, 0.4) is 0 Å². The van der Waals surface area contributed by atoms with E-state index < -0.39 is 0 Å². The summed E-state index contributed by atoms with van der Waals surface area (Å²) in [5.41, 5.74) is 1.68. The number of aryl methyl sites for hydroxylation is 1. The van der Waals surface area contributed by atoms with Gasteiger partial charge < -0.3 is 9.73 Å². The summed E-state index contributed by atoms with van der Waals surface area (Å²) in [6.07, 6.45) is 1.90. The minimum Gasteiger partial charge on any atom is -0.459 e. The largest absolute Gasteiger partial charge is 0.459 e. The molecule has 1 aromatic carbocycles. The summed E-state index contributed by atoms with van der Waals surface area (Å²) < 4.78 is 23.2. The highest BCUT2D eigenvalue weighted by molar-refractivity contribution is 7.05. The maximum atomic E-state index is 13.3. The van der Waals surface area contributed by atoms with Gasteiger partial charge in [0.05, 0.1) is 10.6 Å². The molecule has 1 N–H and O–H groups in total. The van der Waals surface area contributed by atoms with E-state index in [1.165, 1.54) is 23.7 Å². The first kappa shape index (κ1) is 14.2. The number of furan rings is 1. The fourth-order valence-corrected chi connectivity index (χ4v) is 3.24. The molecule has 110 valence electrons. The zero-order valence-corrected chi connectivity index (χ0v) is 12.7. The van der Waals surface area contributed by atoms with E-state index in [0.717, 1.165) is 34.6 Å². The SMILES string of the molecule is CCCc1nnsc1C(NC)c1cc2cc(F)ccc2o1. The summed E-state index contributed by atoms with van der Waals surface area (Å²) in [4.78, 5) is 1.05. The van der Waals surface area contributed by atoms with Crippen LogP contribution in [-0.4, -0.2) is 16.6 Å². The van der Waals surface area contributed by atoms with Crippen molar-refractivity contribution in [2.24, 2.45) is 0 Å². The van der Waals surface area contributed by atoms with Crippen molar-refractivity contribution in [1.82, 2.24) is 14.9 Å². The van der Waals surface area contributed by atoms with Crippen LogP contribution >= 0.6 is 11.5 Å². The Hall–Kier alpha value is -1.79. The van der Waals surface area contributed by atoms with Crippen LogP contribution in [0.5, 0.6) is 0 Å². The van der Waals surface area contributed by atoms with Crippen molar-refractivity contribution in [2.45, 2.75) is 25.8 Å². The van der Waals surface area contributed by atoms with E-state index >= 15 is 0 Å². The van der Waals surface area contributed by atoms with Gasteiger partial charge >= 0.3 is 0 Å². The number of fused-ring (bicyclic) bond motifs is 1. The summed E-state index contributed by atoms with van der Waals surface area (Å²) in [6.45, 7) is 2.11. The standard InChI is InChI=1S/C15H16FN3OS/c1-3-4-11-15(21-19-18-11)14(17-2)13-8-9-7-10(16)5-6-12(9)20-13/h5-8,14,17H,3-4H2,1-2H3. The van der Waals surface area contributed by atoms with Crippen LogP contribution in [0.4, 0.5) is 4.39 Å². The van der Waals surface area contributed by atoms with E-state index in [1.807, 2.05) is 13.1 Å². The number of halogens is 1. The number of hydrogen-bond donors (Lipinski definition) is 1. The molecule has 0 radical (unpaired) electrons. The van der Waals surface area contributed by atoms with Gasteiger partial charge in [-0.05, 0) is 49.3 Å². The van der Waals surface area contributed by atoms with Gasteiger partial charge in [0.25, 0.3) is 0 Å². The summed E-state index contributed by atoms with van der Waals surface area (Å²) >= 11 is 1.37. The fourth-order valence-electron chi connectivity index (χ4n) is 2.42. The van der Waals surface area contributed by atoms with Gasteiger partial charge in [0.1, 0.15) is 23.2 Å². The molecule has 2 heterocycles. The Bertz CT molecular complexity index is 752. The molecule has 0 aliphatic carbocycles. The normalized spacial score (nSPS) is 12.9. The van der Waals surface area contributed by atoms with E-state index in [0.29, 0.717) is 5.58 Å². The van der Waals surface area contributed by atoms with Gasteiger partial charge in [-0.3, -0.25) is 0 Å². The quantitative estimate of drug-likeness (QED) is 0.781. The monoisotopic (exact) mass is 305 g/mol. The average molecular weight is 305 g/mol. The maximum Gasteiger partial charge on any atom is 0.134 e. The molecule has 3 rings (SSSR count). The Balaban J connectivity index is 2.03. The second-order valence-electron chi connectivity index (χ2n) is 4.89. The van der Waals surface area contributed by atoms with Crippen LogP contribution in [0.15, 0.2) is 28.7 Å². The van der Waals surface area contributed by atoms with Crippen LogP contribution in [0.2, 0.25) is 0 Å². The molecular formula is C15H16FN3OS. The molecule has 21 heavy (non-hydrogen) atoms. The van der Waals surface area contributed by atoms with Crippen molar-refractivity contribution in [3.63, 3.8) is 0 Å². The van der Waals surface area contributed by atoms with Gasteiger partial charge in [0, 0.05) is 5.39 Å². The number of rotatable bonds is 5. The Kier molecular flexibility index (Phi) is 3.98. The van der Waals surface area contributed by atoms with Crippen LogP contribution in [-0.2, 0) is 6.42 Å². The third-order valence-corrected chi connectivity index (χ3v) is 4.24. The molecule has 4 nitrogen and oxygen atoms in total. The van der Waals surface area contributed by atoms with Crippen LogP contribution in [0.1, 0.15) is 35.7 Å². The first-order valence-corrected chi connectivity index (χ1v) is 7.67. The van der Waals surface area contributed by atoms with Crippen LogP contribution in [0, 0.1) is 5.82 Å². The maximum absolute atomic E-state index is 13.3. The molecule has 1 atom stereocenters. The first-order chi connectivity index (χ1) is 10.2. The summed E-state index contributed by atoms with van der Waals surface area (Å²) in [5, 5.41) is 8.20. The van der Waals surface area contributed by atoms with Crippen molar-refractivity contribution in [3.8, 4) is 0 Å². The highest BCUT2D eigenvalue weighted by Gasteiger charge is 2.22. The molecule has 0 fully saturated rings. The Morgan fingerprint density at radius 1 is 1.38 bits per heavy atom. The smallest absolute Gasteiger partial charge is 0.134 e. The summed E-state index contributed by atoms with van der Waals surface area (Å²) in [6, 6.07) is 6.29. The molecule has 0 aliphatic rings. The van der Waals surface area contributed by atoms with Gasteiger partial charge in [-0.25, -0.2) is 4.39 Å². The molecule has 0 saturated heterocycles. The Morgan fingerprint density at radius 2 is 2.24 bits per heavy atom. The van der Waals surface area contributed by atoms with Crippen molar-refractivity contribution in [1.29, 1.82) is 0 Å². The van der Waals surface area contributed by atoms with E-state index in [2.05, 4.69) is 21.8 Å². The molecule has 1 unspecified atom stereocenters. The zero-order valence-electron chi connectivity index (χ0n) is 11.9. The summed E-state index contributed by atoms with van der Waals surface area (Å²) in [5.74, 6) is 0.489. The minimum atomic E-state index is -0.262. The topological polar surface area (TPSA) is 51.0 Å². The number of benzene rings is 1. The molecule has 0 saturated carbocycles. The van der Waals surface area contributed by atoms with Crippen molar-refractivity contribution < 1.29 is 8.81 Å². The molecule has 3 aromatic rings. The first-order valence-electron chi connectivity index (χ1n) is 6.90. The van der Waals surface area contributed by atoms with E-state index in [-0.39, 0.29) is 11.9 Å². The predicted molar refractivity (Wildman–Crippen MR) is 81.0 cm³/mol. The van der Waals surface area contributed by atoms with E-state index in [4.69, 9.17) is 4.42 Å². The third kappa shape index (κ3) is 2.69. The van der Waals surface area contributed by atoms with E-state index in [9.17, 15) is 4.39 Å². The molecule has 0 aliphatic heterocycles. The number of nitrogens with one attached hydrogen (secondary N) is 1. The Morgan fingerprint density at radius 3 is 3.00 bits per heavy atom. The molecule has 2 aromatic heterocycles. The highest BCUT2D eigenvalue weighted by Crippen LogP contribution is 2.31. The molecule has 6 heteroatoms. The lowest BCUT2D eigenvalue weighted by molar-refractivity contribution is 0.492. The lowest BCUT2D eigenvalue weighted by Gasteiger charge is -2.12. The van der Waals surface area contributed by atoms with Gasteiger partial charge in [-0.15, -0.1) is 5.10 Å².